The fraction of sp³-hybridized carbons (Fsp3) is 0.375. The number of thioether (sulfide) groups is 1. The summed E-state index contributed by atoms with van der Waals surface area (Å²) in [6.45, 7) is 3.86. The van der Waals surface area contributed by atoms with Gasteiger partial charge in [-0.1, -0.05) is 23.3 Å². The third kappa shape index (κ3) is 3.75. The lowest BCUT2D eigenvalue weighted by Crippen LogP contribution is -2.22. The number of ether oxygens (including phenoxy) is 1. The molecule has 0 radical (unpaired) electrons. The summed E-state index contributed by atoms with van der Waals surface area (Å²) in [7, 11) is 1.64. The van der Waals surface area contributed by atoms with Gasteiger partial charge in [0.25, 0.3) is 5.56 Å². The minimum Gasteiger partial charge on any atom is -0.497 e. The van der Waals surface area contributed by atoms with Crippen molar-refractivity contribution in [3.05, 3.63) is 62.1 Å². The number of thiophene rings is 1. The fourth-order valence-electron chi connectivity index (χ4n) is 4.26. The van der Waals surface area contributed by atoms with E-state index in [9.17, 15) is 4.79 Å². The Kier molecular flexibility index (Phi) is 5.82. The number of fused-ring (bicyclic) bond motifs is 3. The van der Waals surface area contributed by atoms with Gasteiger partial charge in [0.05, 0.1) is 23.9 Å². The first-order valence-corrected chi connectivity index (χ1v) is 12.6. The highest BCUT2D eigenvalue weighted by atomic mass is 32.2. The van der Waals surface area contributed by atoms with E-state index >= 15 is 0 Å². The lowest BCUT2D eigenvalue weighted by Gasteiger charge is -2.13. The van der Waals surface area contributed by atoms with E-state index in [0.29, 0.717) is 10.9 Å². The first-order chi connectivity index (χ1) is 15.6. The molecule has 1 aromatic carbocycles. The van der Waals surface area contributed by atoms with Crippen LogP contribution in [0, 0.1) is 13.8 Å². The quantitative estimate of drug-likeness (QED) is 0.215. The third-order valence-corrected chi connectivity index (χ3v) is 8.22. The largest absolute Gasteiger partial charge is 0.497 e. The van der Waals surface area contributed by atoms with Crippen LogP contribution in [0.15, 0.2) is 38.7 Å². The number of nitrogens with zero attached hydrogens (tertiary/aromatic N) is 3. The predicted octanol–water partition coefficient (Wildman–Crippen LogP) is 5.62. The van der Waals surface area contributed by atoms with Crippen molar-refractivity contribution in [2.45, 2.75) is 56.9 Å². The van der Waals surface area contributed by atoms with Crippen LogP contribution in [-0.2, 0) is 18.6 Å². The van der Waals surface area contributed by atoms with Gasteiger partial charge >= 0.3 is 0 Å². The van der Waals surface area contributed by atoms with Gasteiger partial charge in [-0.15, -0.1) is 11.3 Å². The van der Waals surface area contributed by atoms with Crippen LogP contribution < -0.4 is 10.3 Å². The molecule has 1 aliphatic carbocycles. The van der Waals surface area contributed by atoms with Crippen LogP contribution in [0.25, 0.3) is 15.9 Å². The second-order valence-corrected chi connectivity index (χ2v) is 10.1. The molecule has 0 atom stereocenters. The van der Waals surface area contributed by atoms with Crippen LogP contribution >= 0.6 is 23.1 Å². The standard InChI is InChI=1S/C24H25N3O3S2/c1-14-19(15(2)30-26-14)13-31-24-25-22-21(18-7-5-4-6-8-20(18)32-22)23(28)27(24)16-9-11-17(29-3)12-10-16/h9-12H,4-8,13H2,1-3H3. The Hall–Kier alpha value is -2.58. The summed E-state index contributed by atoms with van der Waals surface area (Å²) >= 11 is 3.24. The van der Waals surface area contributed by atoms with Gasteiger partial charge in [0.15, 0.2) is 5.16 Å². The van der Waals surface area contributed by atoms with Gasteiger partial charge in [-0.05, 0) is 69.4 Å². The molecule has 0 bridgehead atoms. The Labute approximate surface area is 194 Å². The molecule has 0 unspecified atom stereocenters. The molecule has 0 saturated heterocycles. The number of benzene rings is 1. The van der Waals surface area contributed by atoms with E-state index in [1.807, 2.05) is 38.1 Å². The maximum Gasteiger partial charge on any atom is 0.267 e. The molecule has 3 aromatic heterocycles. The molecule has 0 spiro atoms. The van der Waals surface area contributed by atoms with E-state index in [-0.39, 0.29) is 5.56 Å². The average molecular weight is 468 g/mol. The smallest absolute Gasteiger partial charge is 0.267 e. The molecule has 5 rings (SSSR count). The Morgan fingerprint density at radius 2 is 1.94 bits per heavy atom. The molecule has 32 heavy (non-hydrogen) atoms. The second-order valence-electron chi connectivity index (χ2n) is 8.07. The van der Waals surface area contributed by atoms with Gasteiger partial charge in [0.2, 0.25) is 0 Å². The zero-order valence-corrected chi connectivity index (χ0v) is 20.1. The summed E-state index contributed by atoms with van der Waals surface area (Å²) in [5.74, 6) is 2.20. The van der Waals surface area contributed by atoms with Crippen LogP contribution in [0.5, 0.6) is 5.75 Å². The van der Waals surface area contributed by atoms with E-state index in [2.05, 4.69) is 5.16 Å². The molecule has 1 aliphatic rings. The predicted molar refractivity (Wildman–Crippen MR) is 129 cm³/mol. The maximum atomic E-state index is 13.9. The van der Waals surface area contributed by atoms with Gasteiger partial charge in [-0.3, -0.25) is 9.36 Å². The molecule has 6 nitrogen and oxygen atoms in total. The van der Waals surface area contributed by atoms with Crippen LogP contribution in [0.3, 0.4) is 0 Å². The number of aromatic nitrogens is 3. The van der Waals surface area contributed by atoms with Crippen molar-refractivity contribution >= 4 is 33.3 Å². The Balaban J connectivity index is 1.67. The second kappa shape index (κ2) is 8.75. The van der Waals surface area contributed by atoms with Gasteiger partial charge in [0.1, 0.15) is 16.3 Å². The zero-order valence-electron chi connectivity index (χ0n) is 18.4. The maximum absolute atomic E-state index is 13.9. The van der Waals surface area contributed by atoms with Crippen LogP contribution in [-0.4, -0.2) is 21.8 Å². The van der Waals surface area contributed by atoms with Crippen molar-refractivity contribution in [1.29, 1.82) is 0 Å². The van der Waals surface area contributed by atoms with Crippen molar-refractivity contribution in [2.24, 2.45) is 0 Å². The van der Waals surface area contributed by atoms with Gasteiger partial charge in [0, 0.05) is 16.2 Å². The van der Waals surface area contributed by atoms with E-state index in [1.165, 1.54) is 23.3 Å². The van der Waals surface area contributed by atoms with E-state index < -0.39 is 0 Å². The molecule has 0 fully saturated rings. The number of hydrogen-bond acceptors (Lipinski definition) is 7. The minimum atomic E-state index is 0.0147. The van der Waals surface area contributed by atoms with E-state index in [4.69, 9.17) is 14.2 Å². The van der Waals surface area contributed by atoms with Gasteiger partial charge in [-0.25, -0.2) is 4.98 Å². The van der Waals surface area contributed by atoms with Crippen LogP contribution in [0.1, 0.15) is 46.7 Å². The number of aryl methyl sites for hydroxylation is 4. The summed E-state index contributed by atoms with van der Waals surface area (Å²) in [6, 6.07) is 7.59. The lowest BCUT2D eigenvalue weighted by atomic mass is 10.1. The number of methoxy groups -OCH3 is 1. The van der Waals surface area contributed by atoms with Crippen LogP contribution in [0.4, 0.5) is 0 Å². The molecule has 0 saturated carbocycles. The molecular formula is C24H25N3O3S2. The summed E-state index contributed by atoms with van der Waals surface area (Å²) in [4.78, 5) is 21.1. The number of hydrogen-bond donors (Lipinski definition) is 0. The molecule has 166 valence electrons. The Morgan fingerprint density at radius 3 is 2.66 bits per heavy atom. The fourth-order valence-corrected chi connectivity index (χ4v) is 6.73. The third-order valence-electron chi connectivity index (χ3n) is 6.07. The highest BCUT2D eigenvalue weighted by Gasteiger charge is 2.23. The van der Waals surface area contributed by atoms with Gasteiger partial charge < -0.3 is 9.26 Å². The normalized spacial score (nSPS) is 13.8. The molecule has 0 amide bonds. The highest BCUT2D eigenvalue weighted by molar-refractivity contribution is 7.98. The summed E-state index contributed by atoms with van der Waals surface area (Å²) in [5, 5.41) is 5.54. The Morgan fingerprint density at radius 1 is 1.16 bits per heavy atom. The van der Waals surface area contributed by atoms with Crippen molar-refractivity contribution in [3.63, 3.8) is 0 Å². The topological polar surface area (TPSA) is 70.2 Å². The van der Waals surface area contributed by atoms with Crippen molar-refractivity contribution < 1.29 is 9.26 Å². The zero-order chi connectivity index (χ0) is 22.2. The van der Waals surface area contributed by atoms with E-state index in [1.54, 1.807) is 34.8 Å². The highest BCUT2D eigenvalue weighted by Crippen LogP contribution is 2.35. The van der Waals surface area contributed by atoms with Gasteiger partial charge in [-0.2, -0.15) is 0 Å². The monoisotopic (exact) mass is 467 g/mol. The average Bonchev–Trinajstić information content (AvgIpc) is 3.21. The molecule has 8 heteroatoms. The lowest BCUT2D eigenvalue weighted by molar-refractivity contribution is 0.392. The minimum absolute atomic E-state index is 0.0147. The summed E-state index contributed by atoms with van der Waals surface area (Å²) in [5.41, 5.74) is 3.94. The summed E-state index contributed by atoms with van der Waals surface area (Å²) in [6.07, 6.45) is 5.53. The first-order valence-electron chi connectivity index (χ1n) is 10.8. The molecule has 0 aliphatic heterocycles. The Bertz CT molecular complexity index is 1320. The van der Waals surface area contributed by atoms with Crippen molar-refractivity contribution in [2.75, 3.05) is 7.11 Å². The summed E-state index contributed by atoms with van der Waals surface area (Å²) < 4.78 is 12.4. The van der Waals surface area contributed by atoms with Crippen molar-refractivity contribution in [3.8, 4) is 11.4 Å². The molecular weight excluding hydrogens is 442 g/mol. The van der Waals surface area contributed by atoms with Crippen LogP contribution in [0.2, 0.25) is 0 Å². The molecule has 3 heterocycles. The molecule has 4 aromatic rings. The first kappa shape index (κ1) is 21.3. The van der Waals surface area contributed by atoms with E-state index in [0.717, 1.165) is 57.9 Å². The SMILES string of the molecule is COc1ccc(-n2c(SCc3c(C)noc3C)nc3sc4c(c3c2=O)CCCCC4)cc1. The molecule has 0 N–H and O–H groups in total. The number of rotatable bonds is 5. The van der Waals surface area contributed by atoms with Crippen molar-refractivity contribution in [1.82, 2.24) is 14.7 Å².